The molecule has 3 nitrogen and oxygen atoms in total. The third kappa shape index (κ3) is 1.91. The topological polar surface area (TPSA) is 39.1 Å². The Morgan fingerprint density at radius 2 is 1.76 bits per heavy atom. The molecule has 5 heteroatoms. The number of aryl methyl sites for hydroxylation is 2. The van der Waals surface area contributed by atoms with Crippen LogP contribution in [0.3, 0.4) is 0 Å². The average molecular weight is 355 g/mol. The molecule has 0 aliphatic heterocycles. The summed E-state index contributed by atoms with van der Waals surface area (Å²) in [6.45, 7) is 5.98. The number of hydrogen-bond acceptors (Lipinski definition) is 2. The van der Waals surface area contributed by atoms with E-state index in [1.807, 2.05) is 19.1 Å². The van der Waals surface area contributed by atoms with E-state index in [4.69, 9.17) is 0 Å². The van der Waals surface area contributed by atoms with Gasteiger partial charge in [0.15, 0.2) is 0 Å². The van der Waals surface area contributed by atoms with Crippen LogP contribution in [0.5, 0.6) is 0 Å². The summed E-state index contributed by atoms with van der Waals surface area (Å²) in [5.41, 5.74) is 4.03. The third-order valence-electron chi connectivity index (χ3n) is 3.18. The van der Waals surface area contributed by atoms with Gasteiger partial charge in [-0.1, -0.05) is 0 Å². The summed E-state index contributed by atoms with van der Waals surface area (Å²) in [6.07, 6.45) is 1.25. The Kier molecular flexibility index (Phi) is 3.06. The Bertz CT molecular complexity index is 714. The van der Waals surface area contributed by atoms with E-state index in [9.17, 15) is 8.42 Å². The van der Waals surface area contributed by atoms with Gasteiger partial charge in [-0.05, 0) is 0 Å². The Hall–Kier alpha value is -0.491. The molecule has 0 unspecified atom stereocenters. The van der Waals surface area contributed by atoms with Crippen molar-refractivity contribution in [1.82, 2.24) is 3.97 Å². The zero-order valence-corrected chi connectivity index (χ0v) is 14.0. The quantitative estimate of drug-likeness (QED) is 0.721. The summed E-state index contributed by atoms with van der Waals surface area (Å²) in [4.78, 5) is 0. The minimum atomic E-state index is -3.24. The van der Waals surface area contributed by atoms with Crippen LogP contribution in [-0.4, -0.2) is 41.2 Å². The van der Waals surface area contributed by atoms with Crippen molar-refractivity contribution in [2.24, 2.45) is 0 Å². The number of hydrogen-bond donors (Lipinski definition) is 0. The first-order valence-corrected chi connectivity index (χ1v) is 8.56. The Morgan fingerprint density at radius 1 is 1.18 bits per heavy atom. The van der Waals surface area contributed by atoms with Crippen molar-refractivity contribution >= 4 is 47.0 Å². The van der Waals surface area contributed by atoms with Gasteiger partial charge in [-0.2, -0.15) is 0 Å². The molecule has 0 saturated carbocycles. The molecule has 0 amide bonds. The molecule has 0 N–H and O–H groups in total. The van der Waals surface area contributed by atoms with Crippen molar-refractivity contribution in [3.8, 4) is 0 Å². The second kappa shape index (κ2) is 4.02. The molecule has 3 radical (unpaired) electrons. The van der Waals surface area contributed by atoms with Crippen LogP contribution in [0.4, 0.5) is 0 Å². The van der Waals surface area contributed by atoms with Crippen LogP contribution in [0.15, 0.2) is 12.1 Å². The van der Waals surface area contributed by atoms with Crippen LogP contribution in [0, 0.1) is 20.8 Å². The van der Waals surface area contributed by atoms with Crippen LogP contribution >= 0.6 is 0 Å². The SMILES string of the molecule is Cc1ccc2c(c1C)[c]([Sn])c(C)n2S(C)(=O)=O. The molecule has 2 aromatic rings. The van der Waals surface area contributed by atoms with Crippen molar-refractivity contribution < 1.29 is 8.42 Å². The van der Waals surface area contributed by atoms with Crippen molar-refractivity contribution in [3.05, 3.63) is 29.0 Å². The Labute approximate surface area is 115 Å². The molecule has 1 aromatic heterocycles. The molecule has 17 heavy (non-hydrogen) atoms. The van der Waals surface area contributed by atoms with Gasteiger partial charge in [-0.3, -0.25) is 0 Å². The van der Waals surface area contributed by atoms with E-state index in [2.05, 4.69) is 13.8 Å². The van der Waals surface area contributed by atoms with Gasteiger partial charge in [0.2, 0.25) is 0 Å². The van der Waals surface area contributed by atoms with Crippen molar-refractivity contribution in [2.45, 2.75) is 20.8 Å². The summed E-state index contributed by atoms with van der Waals surface area (Å²) < 4.78 is 26.3. The summed E-state index contributed by atoms with van der Waals surface area (Å²) >= 11 is 1.25. The fraction of sp³-hybridized carbons (Fsp3) is 0.333. The molecule has 2 rings (SSSR count). The minimum absolute atomic E-state index is 0.805. The molecule has 1 heterocycles. The first kappa shape index (κ1) is 13.0. The van der Waals surface area contributed by atoms with Crippen LogP contribution in [0.1, 0.15) is 16.8 Å². The van der Waals surface area contributed by atoms with Gasteiger partial charge in [0, 0.05) is 0 Å². The summed E-state index contributed by atoms with van der Waals surface area (Å²) in [6, 6.07) is 3.88. The molecule has 0 spiro atoms. The number of fused-ring (bicyclic) bond motifs is 1. The van der Waals surface area contributed by atoms with Gasteiger partial charge in [0.1, 0.15) is 0 Å². The van der Waals surface area contributed by atoms with Gasteiger partial charge in [-0.25, -0.2) is 0 Å². The molecule has 1 aromatic carbocycles. The van der Waals surface area contributed by atoms with E-state index in [0.29, 0.717) is 0 Å². The first-order chi connectivity index (χ1) is 7.75. The number of benzene rings is 1. The van der Waals surface area contributed by atoms with Crippen LogP contribution in [0.2, 0.25) is 0 Å². The normalized spacial score (nSPS) is 12.3. The van der Waals surface area contributed by atoms with Crippen LogP contribution in [0.25, 0.3) is 10.9 Å². The van der Waals surface area contributed by atoms with Gasteiger partial charge in [0.05, 0.1) is 0 Å². The van der Waals surface area contributed by atoms with Crippen molar-refractivity contribution in [2.75, 3.05) is 6.26 Å². The van der Waals surface area contributed by atoms with Gasteiger partial charge >= 0.3 is 115 Å². The molecular formula is C12H14NO2SSn. The van der Waals surface area contributed by atoms with Crippen molar-refractivity contribution in [3.63, 3.8) is 0 Å². The second-order valence-electron chi connectivity index (χ2n) is 4.39. The van der Waals surface area contributed by atoms with Gasteiger partial charge in [0.25, 0.3) is 0 Å². The molecule has 89 valence electrons. The zero-order chi connectivity index (χ0) is 13.0. The molecule has 0 fully saturated rings. The molecule has 0 aliphatic carbocycles. The number of aromatic nitrogens is 1. The van der Waals surface area contributed by atoms with E-state index in [-0.39, 0.29) is 0 Å². The van der Waals surface area contributed by atoms with Crippen molar-refractivity contribution in [1.29, 1.82) is 0 Å². The number of rotatable bonds is 1. The maximum atomic E-state index is 11.9. The van der Waals surface area contributed by atoms with E-state index in [1.54, 1.807) is 0 Å². The fourth-order valence-corrected chi connectivity index (χ4v) is 4.73. The summed E-state index contributed by atoms with van der Waals surface area (Å²) in [5.74, 6) is 0. The summed E-state index contributed by atoms with van der Waals surface area (Å²) in [5, 5.41) is 1.10. The number of nitrogens with zero attached hydrogens (tertiary/aromatic N) is 1. The zero-order valence-electron chi connectivity index (χ0n) is 10.3. The molecule has 0 aliphatic rings. The van der Waals surface area contributed by atoms with Gasteiger partial charge in [-0.15, -0.1) is 0 Å². The monoisotopic (exact) mass is 356 g/mol. The molecule has 0 saturated heterocycles. The van der Waals surface area contributed by atoms with E-state index in [1.165, 1.54) is 43.9 Å². The second-order valence-corrected chi connectivity index (χ2v) is 7.65. The Balaban J connectivity index is 3.09. The maximum absolute atomic E-state index is 11.9. The van der Waals surface area contributed by atoms with E-state index >= 15 is 0 Å². The third-order valence-corrected chi connectivity index (χ3v) is 6.06. The molecular weight excluding hydrogens is 341 g/mol. The van der Waals surface area contributed by atoms with Crippen LogP contribution < -0.4 is 3.58 Å². The molecule has 0 bridgehead atoms. The van der Waals surface area contributed by atoms with E-state index < -0.39 is 10.0 Å². The predicted octanol–water partition coefficient (Wildman–Crippen LogP) is 1.17. The van der Waals surface area contributed by atoms with E-state index in [0.717, 1.165) is 20.2 Å². The fourth-order valence-electron chi connectivity index (χ4n) is 2.18. The standard InChI is InChI=1S/C12H14NO2S.Sn/c1-8-5-6-12-11(10(8)3)7-9(2)13(12)16(4,14)15;/h5-6H,1-4H3;. The first-order valence-electron chi connectivity index (χ1n) is 5.28. The Morgan fingerprint density at radius 3 is 2.29 bits per heavy atom. The molecule has 0 atom stereocenters. The van der Waals surface area contributed by atoms with Crippen LogP contribution in [-0.2, 0) is 10.0 Å². The van der Waals surface area contributed by atoms with Gasteiger partial charge < -0.3 is 0 Å². The average Bonchev–Trinajstić information content (AvgIpc) is 2.46. The predicted molar refractivity (Wildman–Crippen MR) is 71.8 cm³/mol. The summed E-state index contributed by atoms with van der Waals surface area (Å²) in [7, 11) is -3.24.